The molecule has 6 heteroatoms. The number of nitrogens with zero attached hydrogens (tertiary/aromatic N) is 2. The van der Waals surface area contributed by atoms with Crippen LogP contribution in [-0.4, -0.2) is 49.0 Å². The quantitative estimate of drug-likeness (QED) is 0.639. The number of nitrogens with one attached hydrogen (secondary N) is 2. The van der Waals surface area contributed by atoms with Crippen LogP contribution in [-0.2, 0) is 4.79 Å². The van der Waals surface area contributed by atoms with Gasteiger partial charge in [0.15, 0.2) is 5.96 Å². The van der Waals surface area contributed by atoms with Crippen LogP contribution in [0.5, 0.6) is 0 Å². The van der Waals surface area contributed by atoms with E-state index in [1.54, 1.807) is 6.07 Å². The summed E-state index contributed by atoms with van der Waals surface area (Å²) in [6, 6.07) is 7.07. The van der Waals surface area contributed by atoms with Crippen molar-refractivity contribution in [1.29, 1.82) is 0 Å². The van der Waals surface area contributed by atoms with E-state index < -0.39 is 0 Å². The molecule has 1 aliphatic carbocycles. The van der Waals surface area contributed by atoms with Gasteiger partial charge in [0.25, 0.3) is 0 Å². The van der Waals surface area contributed by atoms with Crippen LogP contribution in [0.15, 0.2) is 29.3 Å². The van der Waals surface area contributed by atoms with Gasteiger partial charge in [-0.3, -0.25) is 4.79 Å². The van der Waals surface area contributed by atoms with Gasteiger partial charge in [-0.15, -0.1) is 0 Å². The summed E-state index contributed by atoms with van der Waals surface area (Å²) in [7, 11) is 0. The van der Waals surface area contributed by atoms with E-state index in [1.165, 1.54) is 6.07 Å². The van der Waals surface area contributed by atoms with Gasteiger partial charge in [0.1, 0.15) is 12.4 Å². The first-order chi connectivity index (χ1) is 11.7. The van der Waals surface area contributed by atoms with Gasteiger partial charge in [-0.2, -0.15) is 0 Å². The fourth-order valence-electron chi connectivity index (χ4n) is 3.18. The molecule has 1 amide bonds. The summed E-state index contributed by atoms with van der Waals surface area (Å²) < 4.78 is 13.8. The summed E-state index contributed by atoms with van der Waals surface area (Å²) in [4.78, 5) is 18.4. The average molecular weight is 332 g/mol. The number of guanidine groups is 1. The van der Waals surface area contributed by atoms with Crippen LogP contribution >= 0.6 is 0 Å². The third-order valence-corrected chi connectivity index (χ3v) is 4.59. The Morgan fingerprint density at radius 3 is 2.79 bits per heavy atom. The molecule has 1 aliphatic heterocycles. The summed E-state index contributed by atoms with van der Waals surface area (Å²) in [5, 5.41) is 6.48. The molecular formula is C18H25FN4O. The molecule has 1 saturated heterocycles. The average Bonchev–Trinajstić information content (AvgIpc) is 3.10. The zero-order chi connectivity index (χ0) is 16.9. The second kappa shape index (κ2) is 7.64. The van der Waals surface area contributed by atoms with Crippen LogP contribution in [0.2, 0.25) is 0 Å². The number of carbonyl (C=O) groups excluding carboxylic acids is 1. The van der Waals surface area contributed by atoms with Crippen LogP contribution in [0.3, 0.4) is 0 Å². The molecule has 2 unspecified atom stereocenters. The van der Waals surface area contributed by atoms with Crippen molar-refractivity contribution in [3.63, 3.8) is 0 Å². The standard InChI is InChI=1S/C18H25FN4O/c1-2-20-18(21-12-17(24)23-9-5-6-10-23)22-16-11-14(16)13-7-3-4-8-15(13)19/h3-4,7-8,14,16H,2,5-6,9-12H2,1H3,(H2,20,21,22). The van der Waals surface area contributed by atoms with Crippen molar-refractivity contribution in [3.05, 3.63) is 35.6 Å². The Hall–Kier alpha value is -2.11. The highest BCUT2D eigenvalue weighted by Crippen LogP contribution is 2.41. The molecule has 0 spiro atoms. The zero-order valence-corrected chi connectivity index (χ0v) is 14.1. The third-order valence-electron chi connectivity index (χ3n) is 4.59. The van der Waals surface area contributed by atoms with Crippen molar-refractivity contribution in [1.82, 2.24) is 15.5 Å². The summed E-state index contributed by atoms with van der Waals surface area (Å²) >= 11 is 0. The van der Waals surface area contributed by atoms with Gasteiger partial charge in [0, 0.05) is 31.6 Å². The Morgan fingerprint density at radius 1 is 1.33 bits per heavy atom. The molecule has 2 aliphatic rings. The fourth-order valence-corrected chi connectivity index (χ4v) is 3.18. The minimum atomic E-state index is -0.155. The maximum atomic E-state index is 13.8. The van der Waals surface area contributed by atoms with Crippen molar-refractivity contribution < 1.29 is 9.18 Å². The van der Waals surface area contributed by atoms with E-state index in [2.05, 4.69) is 15.6 Å². The molecule has 0 aromatic heterocycles. The molecule has 1 aromatic rings. The second-order valence-corrected chi connectivity index (χ2v) is 6.40. The highest BCUT2D eigenvalue weighted by molar-refractivity contribution is 5.85. The Balaban J connectivity index is 1.55. The zero-order valence-electron chi connectivity index (χ0n) is 14.1. The van der Waals surface area contributed by atoms with Crippen LogP contribution < -0.4 is 10.6 Å². The van der Waals surface area contributed by atoms with Gasteiger partial charge in [-0.05, 0) is 37.8 Å². The lowest BCUT2D eigenvalue weighted by Gasteiger charge is -2.15. The molecular weight excluding hydrogens is 307 g/mol. The van der Waals surface area contributed by atoms with Gasteiger partial charge in [-0.25, -0.2) is 9.38 Å². The number of benzene rings is 1. The fraction of sp³-hybridized carbons (Fsp3) is 0.556. The largest absolute Gasteiger partial charge is 0.357 e. The number of likely N-dealkylation sites (tertiary alicyclic amines) is 1. The first kappa shape index (κ1) is 16.7. The number of amides is 1. The normalized spacial score (nSPS) is 23.2. The van der Waals surface area contributed by atoms with Gasteiger partial charge >= 0.3 is 0 Å². The lowest BCUT2D eigenvalue weighted by Crippen LogP contribution is -2.40. The number of rotatable bonds is 5. The maximum Gasteiger partial charge on any atom is 0.244 e. The number of hydrogen-bond acceptors (Lipinski definition) is 2. The van der Waals surface area contributed by atoms with Crippen molar-refractivity contribution in [2.45, 2.75) is 38.1 Å². The van der Waals surface area contributed by atoms with Crippen molar-refractivity contribution >= 4 is 11.9 Å². The summed E-state index contributed by atoms with van der Waals surface area (Å²) in [6.07, 6.45) is 3.05. The Labute approximate surface area is 142 Å². The number of carbonyl (C=O) groups is 1. The molecule has 1 aromatic carbocycles. The predicted octanol–water partition coefficient (Wildman–Crippen LogP) is 1.86. The molecule has 5 nitrogen and oxygen atoms in total. The van der Waals surface area contributed by atoms with E-state index >= 15 is 0 Å². The minimum Gasteiger partial charge on any atom is -0.357 e. The molecule has 2 fully saturated rings. The highest BCUT2D eigenvalue weighted by Gasteiger charge is 2.40. The summed E-state index contributed by atoms with van der Waals surface area (Å²) in [6.45, 7) is 4.56. The van der Waals surface area contributed by atoms with E-state index in [0.29, 0.717) is 5.96 Å². The van der Waals surface area contributed by atoms with E-state index in [9.17, 15) is 9.18 Å². The topological polar surface area (TPSA) is 56.7 Å². The van der Waals surface area contributed by atoms with Crippen LogP contribution in [0.25, 0.3) is 0 Å². The molecule has 0 radical (unpaired) electrons. The predicted molar refractivity (Wildman–Crippen MR) is 92.5 cm³/mol. The van der Waals surface area contributed by atoms with Crippen LogP contribution in [0, 0.1) is 5.82 Å². The first-order valence-corrected chi connectivity index (χ1v) is 8.76. The van der Waals surface area contributed by atoms with E-state index in [0.717, 1.165) is 44.5 Å². The maximum absolute atomic E-state index is 13.8. The highest BCUT2D eigenvalue weighted by atomic mass is 19.1. The Morgan fingerprint density at radius 2 is 2.08 bits per heavy atom. The van der Waals surface area contributed by atoms with Crippen molar-refractivity contribution in [2.75, 3.05) is 26.2 Å². The van der Waals surface area contributed by atoms with Gasteiger partial charge in [-0.1, -0.05) is 18.2 Å². The molecule has 1 saturated carbocycles. The Kier molecular flexibility index (Phi) is 5.33. The molecule has 2 N–H and O–H groups in total. The molecule has 24 heavy (non-hydrogen) atoms. The monoisotopic (exact) mass is 332 g/mol. The Bertz CT molecular complexity index is 613. The van der Waals surface area contributed by atoms with Crippen LogP contribution in [0.4, 0.5) is 4.39 Å². The lowest BCUT2D eigenvalue weighted by molar-refractivity contribution is -0.128. The minimum absolute atomic E-state index is 0.0751. The van der Waals surface area contributed by atoms with E-state index in [4.69, 9.17) is 0 Å². The smallest absolute Gasteiger partial charge is 0.244 e. The molecule has 0 bridgehead atoms. The molecule has 2 atom stereocenters. The van der Waals surface area contributed by atoms with Crippen molar-refractivity contribution in [2.24, 2.45) is 4.99 Å². The van der Waals surface area contributed by atoms with Crippen LogP contribution in [0.1, 0.15) is 37.7 Å². The second-order valence-electron chi connectivity index (χ2n) is 6.40. The number of halogens is 1. The van der Waals surface area contributed by atoms with Gasteiger partial charge in [0.2, 0.25) is 5.91 Å². The number of aliphatic imine (C=N–C) groups is 1. The van der Waals surface area contributed by atoms with Gasteiger partial charge in [0.05, 0.1) is 0 Å². The summed E-state index contributed by atoms with van der Waals surface area (Å²) in [5.41, 5.74) is 0.749. The molecule has 3 rings (SSSR count). The molecule has 1 heterocycles. The van der Waals surface area contributed by atoms with E-state index in [1.807, 2.05) is 24.0 Å². The van der Waals surface area contributed by atoms with Gasteiger partial charge < -0.3 is 15.5 Å². The van der Waals surface area contributed by atoms with Crippen molar-refractivity contribution in [3.8, 4) is 0 Å². The van der Waals surface area contributed by atoms with E-state index in [-0.39, 0.29) is 30.2 Å². The number of hydrogen-bond donors (Lipinski definition) is 2. The molecule has 130 valence electrons. The SMILES string of the molecule is CCNC(=NCC(=O)N1CCCC1)NC1CC1c1ccccc1F. The first-order valence-electron chi connectivity index (χ1n) is 8.76. The lowest BCUT2D eigenvalue weighted by atomic mass is 10.1. The summed E-state index contributed by atoms with van der Waals surface area (Å²) in [5.74, 6) is 0.724. The third kappa shape index (κ3) is 4.04.